The molecule has 0 aliphatic carbocycles. The van der Waals surface area contributed by atoms with Crippen molar-refractivity contribution in [3.05, 3.63) is 0 Å². The Morgan fingerprint density at radius 3 is 1.38 bits per heavy atom. The maximum Gasteiger partial charge on any atom is 1.00 e. The molecule has 1 atom stereocenters. The Balaban J connectivity index is -0.000000105. The van der Waals surface area contributed by atoms with Crippen LogP contribution in [-0.4, -0.2) is 27.6 Å². The zero-order valence-electron chi connectivity index (χ0n) is 10.8. The van der Waals surface area contributed by atoms with Crippen LogP contribution in [0.4, 0.5) is 0 Å². The predicted molar refractivity (Wildman–Crippen MR) is 64.6 cm³/mol. The van der Waals surface area contributed by atoms with Gasteiger partial charge in [-0.05, 0) is 34.7 Å². The van der Waals surface area contributed by atoms with Crippen LogP contribution in [0.15, 0.2) is 0 Å². The van der Waals surface area contributed by atoms with Crippen LogP contribution in [0, 0.1) is 0 Å². The van der Waals surface area contributed by atoms with Crippen molar-refractivity contribution in [2.75, 3.05) is 17.3 Å². The zero-order chi connectivity index (χ0) is 11.4. The molecule has 16 heavy (non-hydrogen) atoms. The van der Waals surface area contributed by atoms with E-state index < -0.39 is 8.25 Å². The third kappa shape index (κ3) is 29.7. The van der Waals surface area contributed by atoms with Gasteiger partial charge in [-0.1, -0.05) is 20.8 Å². The molecular weight excluding hydrogens is 274 g/mol. The van der Waals surface area contributed by atoms with Gasteiger partial charge in [-0.2, -0.15) is 4.89 Å². The Labute approximate surface area is 146 Å². The summed E-state index contributed by atoms with van der Waals surface area (Å²) in [7, 11) is -2.34. The number of hydrogen-bond acceptors (Lipinski definition) is 3. The van der Waals surface area contributed by atoms with Gasteiger partial charge in [0.05, 0.1) is 0 Å². The Morgan fingerprint density at radius 1 is 1.06 bits per heavy atom. The first kappa shape index (κ1) is 26.5. The molecule has 0 spiro atoms. The summed E-state index contributed by atoms with van der Waals surface area (Å²) in [6, 6.07) is 0. The van der Waals surface area contributed by atoms with E-state index in [0.717, 1.165) is 10.9 Å². The molecule has 2 N–H and O–H groups in total. The molecule has 1 unspecified atom stereocenters. The molecule has 7 heteroatoms. The average molecular weight is 297 g/mol. The summed E-state index contributed by atoms with van der Waals surface area (Å²) in [5, 5.41) is 0. The van der Waals surface area contributed by atoms with Crippen LogP contribution in [0.1, 0.15) is 40.0 Å². The van der Waals surface area contributed by atoms with Gasteiger partial charge in [0.25, 0.3) is 0 Å². The van der Waals surface area contributed by atoms with Crippen LogP contribution < -0.4 is 56.3 Å². The fourth-order valence-electron chi connectivity index (χ4n) is 1.17. The van der Waals surface area contributed by atoms with E-state index in [1.165, 1.54) is 36.5 Å². The second-order valence-corrected chi connectivity index (χ2v) is 5.89. The molecule has 0 aliphatic rings. The Morgan fingerprint density at radius 2 is 1.25 bits per heavy atom. The van der Waals surface area contributed by atoms with E-state index in [1.54, 1.807) is 0 Å². The van der Waals surface area contributed by atoms with Gasteiger partial charge in [0.2, 0.25) is 0 Å². The van der Waals surface area contributed by atoms with E-state index in [-0.39, 0.29) is 56.9 Å². The monoisotopic (exact) mass is 297 g/mol. The van der Waals surface area contributed by atoms with Crippen molar-refractivity contribution in [1.82, 2.24) is 0 Å². The van der Waals surface area contributed by atoms with Crippen molar-refractivity contribution in [3.63, 3.8) is 0 Å². The molecule has 94 valence electrons. The van der Waals surface area contributed by atoms with Crippen molar-refractivity contribution in [2.45, 2.75) is 40.0 Å². The van der Waals surface area contributed by atoms with Crippen LogP contribution in [0.3, 0.4) is 0 Å². The Hall–Kier alpha value is 1.97. The van der Waals surface area contributed by atoms with Crippen LogP contribution in [-0.2, 0) is 15.5 Å². The topological polar surface area (TPSA) is 90.4 Å². The maximum atomic E-state index is 8.59. The molecular formula is C9H23KO4PS+. The summed E-state index contributed by atoms with van der Waals surface area (Å²) in [5.41, 5.74) is 0. The van der Waals surface area contributed by atoms with E-state index in [2.05, 4.69) is 20.8 Å². The van der Waals surface area contributed by atoms with Gasteiger partial charge in [0.1, 0.15) is 17.3 Å². The summed E-state index contributed by atoms with van der Waals surface area (Å²) < 4.78 is 8.59. The minimum atomic E-state index is -3.12. The summed E-state index contributed by atoms with van der Waals surface area (Å²) >= 11 is 0. The van der Waals surface area contributed by atoms with Gasteiger partial charge >= 0.3 is 59.6 Å². The Bertz CT molecular complexity index is 122. The minimum Gasteiger partial charge on any atom is -0.870 e. The van der Waals surface area contributed by atoms with Gasteiger partial charge in [-0.25, -0.2) is 0 Å². The quantitative estimate of drug-likeness (QED) is 0.373. The molecule has 0 rings (SSSR count). The zero-order valence-corrected chi connectivity index (χ0v) is 15.6. The third-order valence-electron chi connectivity index (χ3n) is 1.48. The van der Waals surface area contributed by atoms with Crippen molar-refractivity contribution >= 4 is 19.1 Å². The molecule has 0 amide bonds. The molecule has 0 aliphatic heterocycles. The van der Waals surface area contributed by atoms with Crippen LogP contribution in [0.25, 0.3) is 0 Å². The van der Waals surface area contributed by atoms with Crippen molar-refractivity contribution < 1.29 is 71.2 Å². The average Bonchev–Trinajstić information content (AvgIpc) is 2.04. The second-order valence-electron chi connectivity index (χ2n) is 2.96. The minimum absolute atomic E-state index is 0. The first-order valence-electron chi connectivity index (χ1n) is 5.05. The van der Waals surface area contributed by atoms with Gasteiger partial charge in [-0.15, -0.1) is 0 Å². The normalized spacial score (nSPS) is 9.50. The number of rotatable bonds is 6. The summed E-state index contributed by atoms with van der Waals surface area (Å²) in [6.07, 6.45) is 4.13. The summed E-state index contributed by atoms with van der Waals surface area (Å²) in [5.74, 6) is 4.42. The molecule has 0 bridgehead atoms. The van der Waals surface area contributed by atoms with E-state index in [9.17, 15) is 0 Å². The molecule has 0 saturated heterocycles. The van der Waals surface area contributed by atoms with E-state index in [0.29, 0.717) is 0 Å². The van der Waals surface area contributed by atoms with Gasteiger partial charge in [0, 0.05) is 0 Å². The second kappa shape index (κ2) is 22.2. The van der Waals surface area contributed by atoms with E-state index >= 15 is 0 Å². The Kier molecular flexibility index (Phi) is 36.7. The molecule has 0 radical (unpaired) electrons. The standard InChI is InChI=1S/C9H21S.K.HO3P.H2O/c1-4-7-10(8-5-2)9-6-3;;1-4(2)3;/h4-9H2,1-3H3;;(H,1,2,3);1H2/q2*+1;;/p-1. The smallest absolute Gasteiger partial charge is 0.870 e. The van der Waals surface area contributed by atoms with Crippen molar-refractivity contribution in [3.8, 4) is 0 Å². The SMILES string of the molecule is CCC[S+](CCC)CCC.O=[P+]([O-])O.[K+].[OH-]. The third-order valence-corrected chi connectivity index (χ3v) is 4.44. The molecule has 0 fully saturated rings. The van der Waals surface area contributed by atoms with Gasteiger partial charge in [-0.3, -0.25) is 0 Å². The fourth-order valence-corrected chi connectivity index (χ4v) is 3.52. The molecule has 0 aromatic rings. The molecule has 0 aromatic heterocycles. The van der Waals surface area contributed by atoms with Gasteiger partial charge in [0.15, 0.2) is 0 Å². The molecule has 4 nitrogen and oxygen atoms in total. The maximum absolute atomic E-state index is 8.59. The largest absolute Gasteiger partial charge is 1.00 e. The fraction of sp³-hybridized carbons (Fsp3) is 1.00. The van der Waals surface area contributed by atoms with Crippen LogP contribution >= 0.6 is 8.25 Å². The van der Waals surface area contributed by atoms with Crippen molar-refractivity contribution in [2.24, 2.45) is 0 Å². The summed E-state index contributed by atoms with van der Waals surface area (Å²) in [4.78, 5) is 15.6. The van der Waals surface area contributed by atoms with E-state index in [1.807, 2.05) is 0 Å². The van der Waals surface area contributed by atoms with Crippen LogP contribution in [0.2, 0.25) is 0 Å². The molecule has 0 saturated carbocycles. The number of hydrogen-bond donors (Lipinski definition) is 1. The molecule has 0 heterocycles. The summed E-state index contributed by atoms with van der Waals surface area (Å²) in [6.45, 7) is 6.89. The van der Waals surface area contributed by atoms with Crippen LogP contribution in [0.5, 0.6) is 0 Å². The van der Waals surface area contributed by atoms with Crippen molar-refractivity contribution in [1.29, 1.82) is 0 Å². The first-order chi connectivity index (χ1) is 6.58. The first-order valence-corrected chi connectivity index (χ1v) is 7.91. The van der Waals surface area contributed by atoms with E-state index in [4.69, 9.17) is 14.4 Å². The predicted octanol–water partition coefficient (Wildman–Crippen LogP) is -1.34. The molecule has 0 aromatic carbocycles. The van der Waals surface area contributed by atoms with Gasteiger partial charge < -0.3 is 10.4 Å².